The lowest BCUT2D eigenvalue weighted by molar-refractivity contribution is -0.897. The zero-order valence-corrected chi connectivity index (χ0v) is 14.5. The van der Waals surface area contributed by atoms with Gasteiger partial charge < -0.3 is 25.6 Å². The maximum atomic E-state index is 12.2. The zero-order valence-electron chi connectivity index (χ0n) is 14.5. The average molecular weight is 347 g/mol. The zero-order chi connectivity index (χ0) is 17.6. The van der Waals surface area contributed by atoms with Gasteiger partial charge >= 0.3 is 0 Å². The lowest BCUT2D eigenvalue weighted by Gasteiger charge is -2.29. The van der Waals surface area contributed by atoms with E-state index < -0.39 is 0 Å². The molecule has 2 fully saturated rings. The minimum atomic E-state index is -0.219. The standard InChI is InChI=1S/C18H26N4O3/c19-18(24)14-5-7-21(8-6-14)13-17(23)20-15-1-3-16(4-2-15)22-9-11-25-12-10-22/h1-4,14H,5-13H2,(H2,19,24)(H,20,23)/p+1. The van der Waals surface area contributed by atoms with Gasteiger partial charge in [-0.25, -0.2) is 0 Å². The van der Waals surface area contributed by atoms with Crippen LogP contribution in [0.25, 0.3) is 0 Å². The fourth-order valence-electron chi connectivity index (χ4n) is 3.50. The third kappa shape index (κ3) is 4.93. The summed E-state index contributed by atoms with van der Waals surface area (Å²) in [4.78, 5) is 26.9. The van der Waals surface area contributed by atoms with E-state index in [4.69, 9.17) is 10.5 Å². The molecule has 0 bridgehead atoms. The number of amides is 2. The first-order valence-electron chi connectivity index (χ1n) is 8.97. The number of carbonyl (C=O) groups is 2. The molecule has 7 nitrogen and oxygen atoms in total. The van der Waals surface area contributed by atoms with Crippen LogP contribution < -0.4 is 20.9 Å². The molecule has 0 saturated carbocycles. The van der Waals surface area contributed by atoms with Crippen LogP contribution >= 0.6 is 0 Å². The van der Waals surface area contributed by atoms with Crippen LogP contribution in [-0.2, 0) is 14.3 Å². The monoisotopic (exact) mass is 347 g/mol. The molecule has 0 unspecified atom stereocenters. The molecule has 0 atom stereocenters. The van der Waals surface area contributed by atoms with Gasteiger partial charge in [0.2, 0.25) is 5.91 Å². The molecular weight excluding hydrogens is 320 g/mol. The molecule has 2 aliphatic heterocycles. The highest BCUT2D eigenvalue weighted by molar-refractivity contribution is 5.91. The van der Waals surface area contributed by atoms with Gasteiger partial charge in [0.05, 0.1) is 26.3 Å². The van der Waals surface area contributed by atoms with Crippen LogP contribution in [0.5, 0.6) is 0 Å². The SMILES string of the molecule is NC(=O)C1CC[NH+](CC(=O)Nc2ccc(N3CCOCC3)cc2)CC1. The third-order valence-corrected chi connectivity index (χ3v) is 5.03. The molecule has 2 heterocycles. The Kier molecular flexibility index (Phi) is 5.88. The van der Waals surface area contributed by atoms with Crippen molar-refractivity contribution in [3.05, 3.63) is 24.3 Å². The first kappa shape index (κ1) is 17.7. The largest absolute Gasteiger partial charge is 0.378 e. The number of nitrogens with zero attached hydrogens (tertiary/aromatic N) is 1. The van der Waals surface area contributed by atoms with Crippen molar-refractivity contribution in [1.82, 2.24) is 0 Å². The Morgan fingerprint density at radius 2 is 1.80 bits per heavy atom. The number of quaternary nitrogens is 1. The van der Waals surface area contributed by atoms with E-state index in [0.29, 0.717) is 6.54 Å². The van der Waals surface area contributed by atoms with E-state index in [1.807, 2.05) is 24.3 Å². The predicted molar refractivity (Wildman–Crippen MR) is 95.6 cm³/mol. The van der Waals surface area contributed by atoms with Crippen LogP contribution in [0.15, 0.2) is 24.3 Å². The highest BCUT2D eigenvalue weighted by Crippen LogP contribution is 2.18. The predicted octanol–water partition coefficient (Wildman–Crippen LogP) is -0.758. The molecule has 0 aliphatic carbocycles. The van der Waals surface area contributed by atoms with E-state index in [1.54, 1.807) is 0 Å². The van der Waals surface area contributed by atoms with Gasteiger partial charge in [-0.15, -0.1) is 0 Å². The summed E-state index contributed by atoms with van der Waals surface area (Å²) in [6, 6.07) is 7.95. The quantitative estimate of drug-likeness (QED) is 0.653. The fraction of sp³-hybridized carbons (Fsp3) is 0.556. The van der Waals surface area contributed by atoms with E-state index in [9.17, 15) is 9.59 Å². The van der Waals surface area contributed by atoms with Gasteiger partial charge in [0.15, 0.2) is 6.54 Å². The number of nitrogens with one attached hydrogen (secondary N) is 2. The number of hydrogen-bond acceptors (Lipinski definition) is 4. The topological polar surface area (TPSA) is 89.1 Å². The van der Waals surface area contributed by atoms with E-state index in [-0.39, 0.29) is 17.7 Å². The van der Waals surface area contributed by atoms with Gasteiger partial charge in [0.1, 0.15) is 0 Å². The van der Waals surface area contributed by atoms with E-state index in [2.05, 4.69) is 10.2 Å². The van der Waals surface area contributed by atoms with Gasteiger partial charge in [-0.05, 0) is 24.3 Å². The summed E-state index contributed by atoms with van der Waals surface area (Å²) in [6.07, 6.45) is 1.54. The van der Waals surface area contributed by atoms with E-state index in [0.717, 1.165) is 63.6 Å². The van der Waals surface area contributed by atoms with E-state index in [1.165, 1.54) is 4.90 Å². The molecule has 0 radical (unpaired) electrons. The minimum Gasteiger partial charge on any atom is -0.378 e. The van der Waals surface area contributed by atoms with Crippen molar-refractivity contribution >= 4 is 23.2 Å². The normalized spacial score (nSPS) is 23.9. The third-order valence-electron chi connectivity index (χ3n) is 5.03. The highest BCUT2D eigenvalue weighted by atomic mass is 16.5. The Labute approximate surface area is 148 Å². The molecule has 0 aromatic heterocycles. The molecular formula is C18H27N4O3+. The number of anilines is 2. The van der Waals surface area contributed by atoms with Gasteiger partial charge in [0.25, 0.3) is 5.91 Å². The molecule has 0 spiro atoms. The van der Waals surface area contributed by atoms with Crippen molar-refractivity contribution in [3.8, 4) is 0 Å². The number of nitrogens with two attached hydrogens (primary N) is 1. The number of carbonyl (C=O) groups excluding carboxylic acids is 2. The lowest BCUT2D eigenvalue weighted by atomic mass is 9.96. The van der Waals surface area contributed by atoms with Crippen molar-refractivity contribution in [2.75, 3.05) is 56.2 Å². The second kappa shape index (κ2) is 8.31. The summed E-state index contributed by atoms with van der Waals surface area (Å²) >= 11 is 0. The molecule has 2 aliphatic rings. The van der Waals surface area contributed by atoms with Gasteiger partial charge in [-0.3, -0.25) is 9.59 Å². The summed E-state index contributed by atoms with van der Waals surface area (Å²) in [6.45, 7) is 5.37. The number of benzene rings is 1. The Hall–Kier alpha value is -2.12. The molecule has 7 heteroatoms. The number of primary amides is 1. The molecule has 136 valence electrons. The Balaban J connectivity index is 1.45. The molecule has 4 N–H and O–H groups in total. The van der Waals surface area contributed by atoms with Crippen molar-refractivity contribution < 1.29 is 19.2 Å². The molecule has 2 amide bonds. The summed E-state index contributed by atoms with van der Waals surface area (Å²) in [5.74, 6) is -0.241. The molecule has 25 heavy (non-hydrogen) atoms. The van der Waals surface area contributed by atoms with E-state index >= 15 is 0 Å². The second-order valence-corrected chi connectivity index (χ2v) is 6.80. The fourth-order valence-corrected chi connectivity index (χ4v) is 3.50. The van der Waals surface area contributed by atoms with Gasteiger partial charge in [-0.2, -0.15) is 0 Å². The highest BCUT2D eigenvalue weighted by Gasteiger charge is 2.27. The number of morpholine rings is 1. The lowest BCUT2D eigenvalue weighted by Crippen LogP contribution is -3.14. The number of rotatable bonds is 5. The summed E-state index contributed by atoms with van der Waals surface area (Å²) in [7, 11) is 0. The number of likely N-dealkylation sites (tertiary alicyclic amines) is 1. The Bertz CT molecular complexity index is 591. The Morgan fingerprint density at radius 1 is 1.16 bits per heavy atom. The number of hydrogen-bond donors (Lipinski definition) is 3. The van der Waals surface area contributed by atoms with Crippen molar-refractivity contribution in [3.63, 3.8) is 0 Å². The van der Waals surface area contributed by atoms with Gasteiger partial charge in [-0.1, -0.05) is 0 Å². The summed E-state index contributed by atoms with van der Waals surface area (Å²) < 4.78 is 5.36. The van der Waals surface area contributed by atoms with Crippen LogP contribution in [-0.4, -0.2) is 57.8 Å². The van der Waals surface area contributed by atoms with Crippen molar-refractivity contribution in [2.45, 2.75) is 12.8 Å². The number of piperidine rings is 1. The molecule has 1 aromatic rings. The van der Waals surface area contributed by atoms with Crippen LogP contribution in [0.1, 0.15) is 12.8 Å². The van der Waals surface area contributed by atoms with Crippen LogP contribution in [0.3, 0.4) is 0 Å². The second-order valence-electron chi connectivity index (χ2n) is 6.80. The smallest absolute Gasteiger partial charge is 0.279 e. The molecule has 3 rings (SSSR count). The Morgan fingerprint density at radius 3 is 2.40 bits per heavy atom. The maximum Gasteiger partial charge on any atom is 0.279 e. The first-order chi connectivity index (χ1) is 12.1. The van der Waals surface area contributed by atoms with Crippen LogP contribution in [0.2, 0.25) is 0 Å². The summed E-state index contributed by atoms with van der Waals surface area (Å²) in [5, 5.41) is 2.96. The summed E-state index contributed by atoms with van der Waals surface area (Å²) in [5.41, 5.74) is 7.31. The van der Waals surface area contributed by atoms with Crippen LogP contribution in [0.4, 0.5) is 11.4 Å². The average Bonchev–Trinajstić information content (AvgIpc) is 2.63. The van der Waals surface area contributed by atoms with Gasteiger partial charge in [0, 0.05) is 43.2 Å². The van der Waals surface area contributed by atoms with Crippen molar-refractivity contribution in [1.29, 1.82) is 0 Å². The molecule has 2 saturated heterocycles. The van der Waals surface area contributed by atoms with Crippen molar-refractivity contribution in [2.24, 2.45) is 11.7 Å². The molecule has 1 aromatic carbocycles. The van der Waals surface area contributed by atoms with Crippen LogP contribution in [0, 0.1) is 5.92 Å². The maximum absolute atomic E-state index is 12.2. The first-order valence-corrected chi connectivity index (χ1v) is 8.97. The number of ether oxygens (including phenoxy) is 1. The minimum absolute atomic E-state index is 0.00616.